The number of benzene rings is 2. The lowest BCUT2D eigenvalue weighted by Gasteiger charge is -2.36. The van der Waals surface area contributed by atoms with Gasteiger partial charge in [-0.2, -0.15) is 0 Å². The molecule has 8 heteroatoms. The van der Waals surface area contributed by atoms with Gasteiger partial charge in [0.15, 0.2) is 0 Å². The number of amides is 2. The van der Waals surface area contributed by atoms with E-state index in [1.807, 2.05) is 30.3 Å². The molecule has 1 aliphatic rings. The fraction of sp³-hybridized carbons (Fsp3) is 0.250. The van der Waals surface area contributed by atoms with E-state index in [0.29, 0.717) is 12.4 Å². The molecule has 1 heterocycles. The summed E-state index contributed by atoms with van der Waals surface area (Å²) in [5.74, 6) is -1.23. The first-order valence-electron chi connectivity index (χ1n) is 8.72. The predicted octanol–water partition coefficient (Wildman–Crippen LogP) is 1.74. The van der Waals surface area contributed by atoms with Gasteiger partial charge in [0, 0.05) is 6.42 Å². The number of ether oxygens (including phenoxy) is 1. The molecule has 3 rings (SSSR count). The molecule has 8 nitrogen and oxygen atoms in total. The van der Waals surface area contributed by atoms with E-state index < -0.39 is 30.1 Å². The van der Waals surface area contributed by atoms with Crippen LogP contribution >= 0.6 is 0 Å². The quantitative estimate of drug-likeness (QED) is 0.699. The van der Waals surface area contributed by atoms with Crippen molar-refractivity contribution in [2.45, 2.75) is 25.1 Å². The smallest absolute Gasteiger partial charge is 0.408 e. The van der Waals surface area contributed by atoms with E-state index in [2.05, 4.69) is 5.32 Å². The van der Waals surface area contributed by atoms with Crippen molar-refractivity contribution in [3.05, 3.63) is 65.7 Å². The molecule has 1 saturated heterocycles. The van der Waals surface area contributed by atoms with Crippen molar-refractivity contribution in [1.82, 2.24) is 10.2 Å². The number of carboxylic acids is 1. The number of nitrogens with one attached hydrogen (secondary N) is 1. The Kier molecular flexibility index (Phi) is 5.78. The molecule has 2 amide bonds. The number of hydrogen-bond acceptors (Lipinski definition) is 4. The number of hydrogen-bond donors (Lipinski definition) is 3. The van der Waals surface area contributed by atoms with Gasteiger partial charge in [-0.15, -0.1) is 0 Å². The average molecular weight is 384 g/mol. The maximum absolute atomic E-state index is 12.3. The molecule has 0 bridgehead atoms. The molecule has 146 valence electrons. The summed E-state index contributed by atoms with van der Waals surface area (Å²) in [7, 11) is 0. The van der Waals surface area contributed by atoms with E-state index in [4.69, 9.17) is 9.84 Å². The highest BCUT2D eigenvalue weighted by molar-refractivity contribution is 5.91. The lowest BCUT2D eigenvalue weighted by atomic mass is 10.0. The number of carboxylic acid groups (broad SMARTS) is 2. The molecule has 0 aromatic heterocycles. The number of carbonyl (C=O) groups is 3. The zero-order valence-corrected chi connectivity index (χ0v) is 14.9. The van der Waals surface area contributed by atoms with Gasteiger partial charge < -0.3 is 20.3 Å². The standard InChI is InChI=1S/C20H20N2O6/c23-18-17(22(20(26)27)11-16(21-18)19(24)25)10-13-6-8-15(9-7-13)28-12-14-4-2-1-3-5-14/h1-9,16-17H,10-12H2,(H,21,23)(H,24,25)(H,26,27). The highest BCUT2D eigenvalue weighted by Gasteiger charge is 2.39. The van der Waals surface area contributed by atoms with Gasteiger partial charge >= 0.3 is 12.1 Å². The normalized spacial score (nSPS) is 19.0. The molecule has 0 aliphatic carbocycles. The van der Waals surface area contributed by atoms with Gasteiger partial charge in [0.1, 0.15) is 24.4 Å². The van der Waals surface area contributed by atoms with Gasteiger partial charge in [0.05, 0.1) is 6.54 Å². The molecular formula is C20H20N2O6. The summed E-state index contributed by atoms with van der Waals surface area (Å²) in [5.41, 5.74) is 1.78. The number of piperazine rings is 1. The van der Waals surface area contributed by atoms with Crippen LogP contribution in [0.3, 0.4) is 0 Å². The number of aliphatic carboxylic acids is 1. The van der Waals surface area contributed by atoms with Crippen LogP contribution in [0, 0.1) is 0 Å². The van der Waals surface area contributed by atoms with Crippen LogP contribution in [0.1, 0.15) is 11.1 Å². The Balaban J connectivity index is 1.64. The molecule has 2 unspecified atom stereocenters. The maximum Gasteiger partial charge on any atom is 0.408 e. The fourth-order valence-electron chi connectivity index (χ4n) is 3.02. The second kappa shape index (κ2) is 8.43. The zero-order valence-electron chi connectivity index (χ0n) is 14.9. The Bertz CT molecular complexity index is 853. The van der Waals surface area contributed by atoms with E-state index >= 15 is 0 Å². The molecule has 0 saturated carbocycles. The maximum atomic E-state index is 12.3. The molecule has 28 heavy (non-hydrogen) atoms. The third-order valence-electron chi connectivity index (χ3n) is 4.52. The Hall–Kier alpha value is -3.55. The summed E-state index contributed by atoms with van der Waals surface area (Å²) in [6.45, 7) is 0.133. The molecule has 2 aromatic carbocycles. The average Bonchev–Trinajstić information content (AvgIpc) is 2.69. The topological polar surface area (TPSA) is 116 Å². The van der Waals surface area contributed by atoms with E-state index in [9.17, 15) is 19.5 Å². The molecule has 1 aliphatic heterocycles. The van der Waals surface area contributed by atoms with Crippen LogP contribution in [-0.2, 0) is 22.6 Å². The van der Waals surface area contributed by atoms with Crippen molar-refractivity contribution in [2.24, 2.45) is 0 Å². The Morgan fingerprint density at radius 3 is 2.32 bits per heavy atom. The number of carbonyl (C=O) groups excluding carboxylic acids is 1. The molecule has 2 atom stereocenters. The summed E-state index contributed by atoms with van der Waals surface area (Å²) < 4.78 is 5.71. The van der Waals surface area contributed by atoms with Crippen LogP contribution < -0.4 is 10.1 Å². The first-order valence-corrected chi connectivity index (χ1v) is 8.72. The SMILES string of the molecule is O=C(O)C1CN(C(=O)O)C(Cc2ccc(OCc3ccccc3)cc2)C(=O)N1. The Morgan fingerprint density at radius 1 is 1.04 bits per heavy atom. The van der Waals surface area contributed by atoms with Crippen LogP contribution in [-0.4, -0.2) is 51.7 Å². The minimum absolute atomic E-state index is 0.142. The lowest BCUT2D eigenvalue weighted by Crippen LogP contribution is -2.64. The second-order valence-electron chi connectivity index (χ2n) is 6.47. The summed E-state index contributed by atoms with van der Waals surface area (Å²) in [6.07, 6.45) is -1.18. The first kappa shape index (κ1) is 19.2. The van der Waals surface area contributed by atoms with Crippen molar-refractivity contribution in [1.29, 1.82) is 0 Å². The minimum atomic E-state index is -1.33. The van der Waals surface area contributed by atoms with E-state index in [-0.39, 0.29) is 13.0 Å². The van der Waals surface area contributed by atoms with Gasteiger partial charge in [-0.05, 0) is 23.3 Å². The summed E-state index contributed by atoms with van der Waals surface area (Å²) in [4.78, 5) is 35.7. The first-order chi connectivity index (χ1) is 13.4. The number of rotatable bonds is 6. The van der Waals surface area contributed by atoms with Crippen LogP contribution in [0.2, 0.25) is 0 Å². The predicted molar refractivity (Wildman–Crippen MR) is 99.0 cm³/mol. The zero-order chi connectivity index (χ0) is 20.1. The van der Waals surface area contributed by atoms with Crippen molar-refractivity contribution in [3.8, 4) is 5.75 Å². The minimum Gasteiger partial charge on any atom is -0.489 e. The molecule has 1 fully saturated rings. The Morgan fingerprint density at radius 2 is 1.71 bits per heavy atom. The summed E-state index contributed by atoms with van der Waals surface area (Å²) in [6, 6.07) is 14.5. The summed E-state index contributed by atoms with van der Waals surface area (Å²) in [5, 5.41) is 20.8. The molecular weight excluding hydrogens is 364 g/mol. The van der Waals surface area contributed by atoms with Crippen LogP contribution in [0.4, 0.5) is 4.79 Å². The second-order valence-corrected chi connectivity index (χ2v) is 6.47. The molecule has 3 N–H and O–H groups in total. The van der Waals surface area contributed by atoms with Gasteiger partial charge in [0.25, 0.3) is 0 Å². The van der Waals surface area contributed by atoms with E-state index in [0.717, 1.165) is 16.0 Å². The van der Waals surface area contributed by atoms with Crippen LogP contribution in [0.15, 0.2) is 54.6 Å². The highest BCUT2D eigenvalue weighted by atomic mass is 16.5. The largest absolute Gasteiger partial charge is 0.489 e. The van der Waals surface area contributed by atoms with Gasteiger partial charge in [-0.25, -0.2) is 9.59 Å². The van der Waals surface area contributed by atoms with Crippen LogP contribution in [0.25, 0.3) is 0 Å². The van der Waals surface area contributed by atoms with E-state index in [1.165, 1.54) is 0 Å². The number of nitrogens with zero attached hydrogens (tertiary/aromatic N) is 1. The molecule has 2 aromatic rings. The third-order valence-corrected chi connectivity index (χ3v) is 4.52. The van der Waals surface area contributed by atoms with Crippen LogP contribution in [0.5, 0.6) is 5.75 Å². The van der Waals surface area contributed by atoms with Gasteiger partial charge in [-0.1, -0.05) is 42.5 Å². The van der Waals surface area contributed by atoms with Gasteiger partial charge in [-0.3, -0.25) is 9.69 Å². The monoisotopic (exact) mass is 384 g/mol. The molecule has 0 spiro atoms. The van der Waals surface area contributed by atoms with Crippen molar-refractivity contribution >= 4 is 18.0 Å². The lowest BCUT2D eigenvalue weighted by molar-refractivity contribution is -0.146. The Labute approximate surface area is 161 Å². The van der Waals surface area contributed by atoms with Gasteiger partial charge in [0.2, 0.25) is 5.91 Å². The fourth-order valence-corrected chi connectivity index (χ4v) is 3.02. The summed E-state index contributed by atoms with van der Waals surface area (Å²) >= 11 is 0. The van der Waals surface area contributed by atoms with Crippen molar-refractivity contribution in [2.75, 3.05) is 6.54 Å². The highest BCUT2D eigenvalue weighted by Crippen LogP contribution is 2.19. The van der Waals surface area contributed by atoms with Crippen molar-refractivity contribution in [3.63, 3.8) is 0 Å². The van der Waals surface area contributed by atoms with E-state index in [1.54, 1.807) is 24.3 Å². The third kappa shape index (κ3) is 4.59. The molecule has 0 radical (unpaired) electrons. The van der Waals surface area contributed by atoms with Crippen molar-refractivity contribution < 1.29 is 29.3 Å².